The van der Waals surface area contributed by atoms with Gasteiger partial charge in [-0.1, -0.05) is 17.7 Å². The summed E-state index contributed by atoms with van der Waals surface area (Å²) in [7, 11) is 0. The van der Waals surface area contributed by atoms with Crippen LogP contribution < -0.4 is 5.73 Å². The van der Waals surface area contributed by atoms with Gasteiger partial charge in [0, 0.05) is 12.3 Å². The largest absolute Gasteiger partial charge is 0.330 e. The maximum atomic E-state index is 11.0. The molecular formula is C12H13ClN4O2. The minimum Gasteiger partial charge on any atom is -0.330 e. The molecular weight excluding hydrogens is 268 g/mol. The number of nitrogens with zero attached hydrogens (tertiary/aromatic N) is 3. The molecule has 1 heterocycles. The van der Waals surface area contributed by atoms with E-state index in [0.29, 0.717) is 17.1 Å². The van der Waals surface area contributed by atoms with E-state index in [1.54, 1.807) is 23.0 Å². The lowest BCUT2D eigenvalue weighted by Crippen LogP contribution is -2.05. The number of benzene rings is 1. The molecule has 19 heavy (non-hydrogen) atoms. The summed E-state index contributed by atoms with van der Waals surface area (Å²) in [6.45, 7) is 0.804. The first-order chi connectivity index (χ1) is 9.11. The fraction of sp³-hybridized carbons (Fsp3) is 0.250. The van der Waals surface area contributed by atoms with Crippen LogP contribution in [0.3, 0.4) is 0 Å². The molecule has 0 saturated heterocycles. The predicted octanol–water partition coefficient (Wildman–Crippen LogP) is 1.99. The molecule has 0 aliphatic carbocycles. The number of nitro benzene ring substituents is 1. The van der Waals surface area contributed by atoms with E-state index in [-0.39, 0.29) is 12.2 Å². The molecule has 2 aromatic rings. The van der Waals surface area contributed by atoms with Crippen LogP contribution in [0.15, 0.2) is 30.6 Å². The van der Waals surface area contributed by atoms with Crippen molar-refractivity contribution in [2.24, 2.45) is 5.73 Å². The first kappa shape index (κ1) is 13.5. The van der Waals surface area contributed by atoms with Gasteiger partial charge in [0.1, 0.15) is 0 Å². The van der Waals surface area contributed by atoms with Crippen LogP contribution in [-0.2, 0) is 13.0 Å². The van der Waals surface area contributed by atoms with Crippen molar-refractivity contribution in [2.45, 2.75) is 13.0 Å². The van der Waals surface area contributed by atoms with E-state index in [1.807, 2.05) is 6.20 Å². The molecule has 2 rings (SSSR count). The van der Waals surface area contributed by atoms with Gasteiger partial charge in [0.15, 0.2) is 0 Å². The molecule has 1 aromatic carbocycles. The Kier molecular flexibility index (Phi) is 4.13. The molecule has 0 aliphatic rings. The second kappa shape index (κ2) is 5.81. The summed E-state index contributed by atoms with van der Waals surface area (Å²) in [5.41, 5.74) is 6.92. The number of nitrogens with two attached hydrogens (primary N) is 1. The minimum atomic E-state index is -0.439. The molecule has 0 bridgehead atoms. The maximum Gasteiger partial charge on any atom is 0.275 e. The molecule has 100 valence electrons. The molecule has 0 fully saturated rings. The second-order valence-corrected chi connectivity index (χ2v) is 4.49. The van der Waals surface area contributed by atoms with Gasteiger partial charge in [-0.3, -0.25) is 14.8 Å². The summed E-state index contributed by atoms with van der Waals surface area (Å²) in [4.78, 5) is 10.5. The summed E-state index contributed by atoms with van der Waals surface area (Å²) < 4.78 is 1.62. The van der Waals surface area contributed by atoms with Crippen molar-refractivity contribution < 1.29 is 4.92 Å². The third-order valence-corrected chi connectivity index (χ3v) is 3.08. The fourth-order valence-corrected chi connectivity index (χ4v) is 2.05. The van der Waals surface area contributed by atoms with Crippen molar-refractivity contribution in [3.8, 4) is 0 Å². The third kappa shape index (κ3) is 3.10. The molecule has 1 aromatic heterocycles. The Hall–Kier alpha value is -1.92. The highest BCUT2D eigenvalue weighted by Gasteiger charge is 2.17. The molecule has 0 atom stereocenters. The Balaban J connectivity index is 2.29. The topological polar surface area (TPSA) is 87.0 Å². The Morgan fingerprint density at radius 2 is 2.26 bits per heavy atom. The van der Waals surface area contributed by atoms with E-state index in [2.05, 4.69) is 5.10 Å². The molecule has 6 nitrogen and oxygen atoms in total. The Morgan fingerprint density at radius 1 is 1.47 bits per heavy atom. The second-order valence-electron chi connectivity index (χ2n) is 4.08. The highest BCUT2D eigenvalue weighted by Crippen LogP contribution is 2.26. The van der Waals surface area contributed by atoms with Crippen LogP contribution in [0.2, 0.25) is 5.02 Å². The van der Waals surface area contributed by atoms with E-state index in [0.717, 1.165) is 12.0 Å². The van der Waals surface area contributed by atoms with Crippen LogP contribution >= 0.6 is 11.6 Å². The Labute approximate surface area is 114 Å². The zero-order chi connectivity index (χ0) is 13.8. The zero-order valence-corrected chi connectivity index (χ0v) is 10.9. The number of nitro groups is 1. The number of rotatable bonds is 5. The number of hydrogen-bond donors (Lipinski definition) is 1. The Morgan fingerprint density at radius 3 is 2.95 bits per heavy atom. The molecule has 0 spiro atoms. The van der Waals surface area contributed by atoms with Crippen molar-refractivity contribution in [3.63, 3.8) is 0 Å². The molecule has 0 amide bonds. The average molecular weight is 281 g/mol. The van der Waals surface area contributed by atoms with Crippen molar-refractivity contribution in [1.29, 1.82) is 0 Å². The van der Waals surface area contributed by atoms with E-state index < -0.39 is 4.92 Å². The SMILES string of the molecule is NCCc1cnn(Cc2c(Cl)cccc2[N+](=O)[O-])c1. The molecule has 0 saturated carbocycles. The van der Waals surface area contributed by atoms with Crippen molar-refractivity contribution in [2.75, 3.05) is 6.54 Å². The predicted molar refractivity (Wildman–Crippen MR) is 72.2 cm³/mol. The van der Waals surface area contributed by atoms with Gasteiger partial charge in [-0.25, -0.2) is 0 Å². The molecule has 2 N–H and O–H groups in total. The normalized spacial score (nSPS) is 10.6. The first-order valence-corrected chi connectivity index (χ1v) is 6.13. The standard InChI is InChI=1S/C12H13ClN4O2/c13-11-2-1-3-12(17(18)19)10(11)8-16-7-9(4-5-14)6-15-16/h1-3,6-7H,4-5,8,14H2. The summed E-state index contributed by atoms with van der Waals surface area (Å²) in [5.74, 6) is 0. The van der Waals surface area contributed by atoms with Crippen LogP contribution in [0.25, 0.3) is 0 Å². The molecule has 0 aliphatic heterocycles. The first-order valence-electron chi connectivity index (χ1n) is 5.75. The van der Waals surface area contributed by atoms with Crippen LogP contribution in [0.4, 0.5) is 5.69 Å². The fourth-order valence-electron chi connectivity index (χ4n) is 1.83. The van der Waals surface area contributed by atoms with Gasteiger partial charge in [-0.2, -0.15) is 5.10 Å². The minimum absolute atomic E-state index is 0.00312. The summed E-state index contributed by atoms with van der Waals surface area (Å²) in [6, 6.07) is 4.63. The van der Waals surface area contributed by atoms with Gasteiger partial charge in [0.2, 0.25) is 0 Å². The highest BCUT2D eigenvalue weighted by molar-refractivity contribution is 6.31. The van der Waals surface area contributed by atoms with E-state index >= 15 is 0 Å². The van der Waals surface area contributed by atoms with Gasteiger partial charge in [-0.15, -0.1) is 0 Å². The van der Waals surface area contributed by atoms with E-state index in [4.69, 9.17) is 17.3 Å². The molecule has 0 radical (unpaired) electrons. The third-order valence-electron chi connectivity index (χ3n) is 2.73. The van der Waals surface area contributed by atoms with Gasteiger partial charge in [0.05, 0.1) is 28.3 Å². The van der Waals surface area contributed by atoms with Crippen LogP contribution in [-0.4, -0.2) is 21.2 Å². The average Bonchev–Trinajstić information content (AvgIpc) is 2.79. The Bertz CT molecular complexity index is 597. The lowest BCUT2D eigenvalue weighted by molar-refractivity contribution is -0.385. The van der Waals surface area contributed by atoms with Crippen LogP contribution in [0, 0.1) is 10.1 Å². The van der Waals surface area contributed by atoms with Crippen molar-refractivity contribution in [1.82, 2.24) is 9.78 Å². The lowest BCUT2D eigenvalue weighted by atomic mass is 10.2. The summed E-state index contributed by atoms with van der Waals surface area (Å²) in [6.07, 6.45) is 4.25. The summed E-state index contributed by atoms with van der Waals surface area (Å²) in [5, 5.41) is 15.5. The van der Waals surface area contributed by atoms with E-state index in [1.165, 1.54) is 6.07 Å². The van der Waals surface area contributed by atoms with E-state index in [9.17, 15) is 10.1 Å². The maximum absolute atomic E-state index is 11.0. The van der Waals surface area contributed by atoms with Gasteiger partial charge < -0.3 is 5.73 Å². The van der Waals surface area contributed by atoms with Gasteiger partial charge in [0.25, 0.3) is 5.69 Å². The highest BCUT2D eigenvalue weighted by atomic mass is 35.5. The lowest BCUT2D eigenvalue weighted by Gasteiger charge is -2.05. The van der Waals surface area contributed by atoms with Gasteiger partial charge in [-0.05, 0) is 24.6 Å². The zero-order valence-electron chi connectivity index (χ0n) is 10.1. The number of aromatic nitrogens is 2. The van der Waals surface area contributed by atoms with Gasteiger partial charge >= 0.3 is 0 Å². The quantitative estimate of drug-likeness (QED) is 0.670. The smallest absolute Gasteiger partial charge is 0.275 e. The van der Waals surface area contributed by atoms with Crippen LogP contribution in [0.1, 0.15) is 11.1 Å². The number of halogens is 1. The molecule has 0 unspecified atom stereocenters. The van der Waals surface area contributed by atoms with Crippen LogP contribution in [0.5, 0.6) is 0 Å². The van der Waals surface area contributed by atoms with Crippen molar-refractivity contribution in [3.05, 3.63) is 56.9 Å². The molecule has 7 heteroatoms. The number of hydrogen-bond acceptors (Lipinski definition) is 4. The monoisotopic (exact) mass is 280 g/mol. The van der Waals surface area contributed by atoms with Crippen molar-refractivity contribution >= 4 is 17.3 Å². The summed E-state index contributed by atoms with van der Waals surface area (Å²) >= 11 is 6.03.